The van der Waals surface area contributed by atoms with Crippen LogP contribution in [0.4, 0.5) is 11.5 Å². The van der Waals surface area contributed by atoms with Crippen LogP contribution in [0.15, 0.2) is 12.1 Å². The van der Waals surface area contributed by atoms with Crippen molar-refractivity contribution in [1.82, 2.24) is 10.3 Å². The van der Waals surface area contributed by atoms with Crippen LogP contribution in [-0.2, 0) is 4.74 Å². The molecule has 0 aromatic carbocycles. The Hall–Kier alpha value is -1.37. The number of aliphatic hydroxyl groups is 1. The number of anilines is 2. The molecule has 3 N–H and O–H groups in total. The Kier molecular flexibility index (Phi) is 5.91. The van der Waals surface area contributed by atoms with Crippen LogP contribution in [0.25, 0.3) is 0 Å². The highest BCUT2D eigenvalue weighted by Crippen LogP contribution is 2.60. The molecule has 6 rings (SSSR count). The quantitative estimate of drug-likeness (QED) is 0.580. The SMILES string of the molecule is Cc1nc(N2C[C@@H](C)O[C@@H](C)C2)ccc1NC1C2CC3CC1CC(CNCCO)(C3)C2. The third-order valence-electron chi connectivity index (χ3n) is 8.33. The molecule has 4 saturated carbocycles. The molecule has 1 aromatic heterocycles. The Balaban J connectivity index is 1.27. The van der Waals surface area contributed by atoms with Gasteiger partial charge >= 0.3 is 0 Å². The van der Waals surface area contributed by atoms with Crippen molar-refractivity contribution >= 4 is 11.5 Å². The summed E-state index contributed by atoms with van der Waals surface area (Å²) >= 11 is 0. The summed E-state index contributed by atoms with van der Waals surface area (Å²) in [6.45, 7) is 10.3. The predicted octanol–water partition coefficient (Wildman–Crippen LogP) is 3.19. The van der Waals surface area contributed by atoms with Crippen molar-refractivity contribution in [2.45, 2.75) is 71.1 Å². The molecular weight excluding hydrogens is 388 g/mol. The molecule has 4 aliphatic carbocycles. The highest BCUT2D eigenvalue weighted by Gasteiger charge is 2.55. The minimum absolute atomic E-state index is 0.237. The Bertz CT molecular complexity index is 761. The number of ether oxygens (including phenoxy) is 1. The highest BCUT2D eigenvalue weighted by atomic mass is 16.5. The molecule has 172 valence electrons. The average molecular weight is 429 g/mol. The van der Waals surface area contributed by atoms with Gasteiger partial charge in [-0.1, -0.05) is 0 Å². The van der Waals surface area contributed by atoms with E-state index in [0.29, 0.717) is 11.5 Å². The molecule has 4 atom stereocenters. The van der Waals surface area contributed by atoms with Crippen LogP contribution in [0.3, 0.4) is 0 Å². The zero-order valence-corrected chi connectivity index (χ0v) is 19.4. The van der Waals surface area contributed by atoms with Crippen molar-refractivity contribution in [3.05, 3.63) is 17.8 Å². The fourth-order valence-corrected chi connectivity index (χ4v) is 7.50. The van der Waals surface area contributed by atoms with E-state index in [1.54, 1.807) is 0 Å². The number of nitrogens with one attached hydrogen (secondary N) is 2. The molecule has 1 saturated heterocycles. The van der Waals surface area contributed by atoms with Gasteiger partial charge in [-0.3, -0.25) is 0 Å². The minimum atomic E-state index is 0.237. The molecule has 5 aliphatic rings. The lowest BCUT2D eigenvalue weighted by atomic mass is 9.48. The van der Waals surface area contributed by atoms with Crippen LogP contribution >= 0.6 is 0 Å². The van der Waals surface area contributed by atoms with Crippen LogP contribution in [0.2, 0.25) is 0 Å². The molecule has 31 heavy (non-hydrogen) atoms. The summed E-state index contributed by atoms with van der Waals surface area (Å²) in [6.07, 6.45) is 7.28. The van der Waals surface area contributed by atoms with Gasteiger partial charge < -0.3 is 25.4 Å². The third kappa shape index (κ3) is 4.31. The van der Waals surface area contributed by atoms with Crippen LogP contribution in [-0.4, -0.2) is 61.1 Å². The lowest BCUT2D eigenvalue weighted by Crippen LogP contribution is -2.58. The van der Waals surface area contributed by atoms with E-state index in [2.05, 4.69) is 48.4 Å². The highest BCUT2D eigenvalue weighted by molar-refractivity contribution is 5.54. The first-order chi connectivity index (χ1) is 14.9. The lowest BCUT2D eigenvalue weighted by molar-refractivity contribution is -0.0602. The van der Waals surface area contributed by atoms with Gasteiger partial charge in [0.25, 0.3) is 0 Å². The molecule has 0 radical (unpaired) electrons. The van der Waals surface area contributed by atoms with Gasteiger partial charge in [0.05, 0.1) is 30.2 Å². The summed E-state index contributed by atoms with van der Waals surface area (Å²) in [5.41, 5.74) is 2.78. The number of morpholine rings is 1. The van der Waals surface area contributed by atoms with E-state index in [9.17, 15) is 0 Å². The number of aliphatic hydroxyl groups excluding tert-OH is 1. The summed E-state index contributed by atoms with van der Waals surface area (Å²) < 4.78 is 5.89. The second-order valence-electron chi connectivity index (χ2n) is 11.0. The van der Waals surface area contributed by atoms with E-state index >= 15 is 0 Å². The van der Waals surface area contributed by atoms with E-state index in [1.807, 2.05) is 0 Å². The lowest BCUT2D eigenvalue weighted by Gasteiger charge is -2.60. The molecule has 0 spiro atoms. The second kappa shape index (κ2) is 8.53. The Morgan fingerprint density at radius 3 is 2.48 bits per heavy atom. The first kappa shape index (κ1) is 21.5. The van der Waals surface area contributed by atoms with Gasteiger partial charge in [-0.25, -0.2) is 4.98 Å². The van der Waals surface area contributed by atoms with Crippen molar-refractivity contribution in [2.24, 2.45) is 23.2 Å². The second-order valence-corrected chi connectivity index (χ2v) is 11.0. The third-order valence-corrected chi connectivity index (χ3v) is 8.33. The largest absolute Gasteiger partial charge is 0.395 e. The van der Waals surface area contributed by atoms with Gasteiger partial charge in [-0.05, 0) is 88.2 Å². The van der Waals surface area contributed by atoms with Crippen LogP contribution < -0.4 is 15.5 Å². The van der Waals surface area contributed by atoms with Crippen molar-refractivity contribution in [3.63, 3.8) is 0 Å². The molecule has 2 unspecified atom stereocenters. The molecule has 5 fully saturated rings. The number of aromatic nitrogens is 1. The molecular formula is C25H40N4O2. The van der Waals surface area contributed by atoms with Gasteiger partial charge in [0.15, 0.2) is 0 Å². The standard InChI is InChI=1S/C25H40N4O2/c1-16-13-29(14-17(2)31-16)23-5-4-22(18(3)27-23)28-24-20-8-19-9-21(24)12-25(10-19,11-20)15-26-6-7-30/h4-5,16-17,19-21,24,26,28,30H,6-15H2,1-3H3/t16-,17+,19?,20?,21?,24?,25?. The first-order valence-corrected chi connectivity index (χ1v) is 12.4. The van der Waals surface area contributed by atoms with Crippen LogP contribution in [0.5, 0.6) is 0 Å². The molecule has 6 nitrogen and oxygen atoms in total. The molecule has 0 amide bonds. The number of hydrogen-bond donors (Lipinski definition) is 3. The summed E-state index contributed by atoms with van der Waals surface area (Å²) in [5.74, 6) is 3.51. The van der Waals surface area contributed by atoms with E-state index in [4.69, 9.17) is 14.8 Å². The van der Waals surface area contributed by atoms with E-state index in [-0.39, 0.29) is 18.8 Å². The first-order valence-electron chi connectivity index (χ1n) is 12.4. The summed E-state index contributed by atoms with van der Waals surface area (Å²) in [6, 6.07) is 5.03. The molecule has 2 heterocycles. The normalized spacial score (nSPS) is 39.2. The Morgan fingerprint density at radius 1 is 1.13 bits per heavy atom. The van der Waals surface area contributed by atoms with Gasteiger partial charge in [0, 0.05) is 32.2 Å². The van der Waals surface area contributed by atoms with Crippen LogP contribution in [0, 0.1) is 30.1 Å². The van der Waals surface area contributed by atoms with Crippen LogP contribution in [0.1, 0.15) is 51.6 Å². The molecule has 1 aliphatic heterocycles. The number of nitrogens with zero attached hydrogens (tertiary/aromatic N) is 2. The fraction of sp³-hybridized carbons (Fsp3) is 0.800. The zero-order valence-electron chi connectivity index (χ0n) is 19.4. The van der Waals surface area contributed by atoms with Gasteiger partial charge in [-0.2, -0.15) is 0 Å². The zero-order chi connectivity index (χ0) is 21.6. The number of aryl methyl sites for hydroxylation is 1. The Morgan fingerprint density at radius 2 is 1.84 bits per heavy atom. The smallest absolute Gasteiger partial charge is 0.129 e. The fourth-order valence-electron chi connectivity index (χ4n) is 7.50. The number of pyridine rings is 1. The van der Waals surface area contributed by atoms with Crippen molar-refractivity contribution in [3.8, 4) is 0 Å². The molecule has 1 aromatic rings. The van der Waals surface area contributed by atoms with Crippen molar-refractivity contribution < 1.29 is 9.84 Å². The van der Waals surface area contributed by atoms with Crippen molar-refractivity contribution in [1.29, 1.82) is 0 Å². The van der Waals surface area contributed by atoms with E-state index in [0.717, 1.165) is 55.4 Å². The molecule has 4 bridgehead atoms. The van der Waals surface area contributed by atoms with Crippen molar-refractivity contribution in [2.75, 3.05) is 43.0 Å². The van der Waals surface area contributed by atoms with Gasteiger partial charge in [0.1, 0.15) is 5.82 Å². The maximum absolute atomic E-state index is 9.15. The predicted molar refractivity (Wildman–Crippen MR) is 125 cm³/mol. The topological polar surface area (TPSA) is 69.7 Å². The Labute approximate surface area is 187 Å². The average Bonchev–Trinajstić information content (AvgIpc) is 2.70. The maximum atomic E-state index is 9.15. The monoisotopic (exact) mass is 428 g/mol. The maximum Gasteiger partial charge on any atom is 0.129 e. The van der Waals surface area contributed by atoms with Gasteiger partial charge in [-0.15, -0.1) is 0 Å². The van der Waals surface area contributed by atoms with E-state index < -0.39 is 0 Å². The summed E-state index contributed by atoms with van der Waals surface area (Å²) in [5, 5.41) is 16.6. The van der Waals surface area contributed by atoms with Gasteiger partial charge in [0.2, 0.25) is 0 Å². The minimum Gasteiger partial charge on any atom is -0.395 e. The summed E-state index contributed by atoms with van der Waals surface area (Å²) in [7, 11) is 0. The number of hydrogen-bond acceptors (Lipinski definition) is 6. The molecule has 6 heteroatoms. The number of rotatable bonds is 7. The summed E-state index contributed by atoms with van der Waals surface area (Å²) in [4.78, 5) is 7.35. The van der Waals surface area contributed by atoms with E-state index in [1.165, 1.54) is 37.8 Å².